The summed E-state index contributed by atoms with van der Waals surface area (Å²) in [6, 6.07) is 10.1. The Hall–Kier alpha value is -1.37. The van der Waals surface area contributed by atoms with Gasteiger partial charge in [-0.25, -0.2) is 0 Å². The van der Waals surface area contributed by atoms with E-state index in [1.807, 2.05) is 30.3 Å². The van der Waals surface area contributed by atoms with Crippen molar-refractivity contribution in [3.05, 3.63) is 42.5 Å². The van der Waals surface area contributed by atoms with Gasteiger partial charge in [0.25, 0.3) is 0 Å². The van der Waals surface area contributed by atoms with Gasteiger partial charge in [-0.05, 0) is 12.1 Å². The molecule has 0 heterocycles. The molecule has 0 aromatic heterocycles. The van der Waals surface area contributed by atoms with Crippen LogP contribution in [-0.2, 0) is 0 Å². The molecule has 0 spiro atoms. The summed E-state index contributed by atoms with van der Waals surface area (Å²) in [4.78, 5) is 4.78. The predicted molar refractivity (Wildman–Crippen MR) is 70.2 cm³/mol. The van der Waals surface area contributed by atoms with Gasteiger partial charge in [0.15, 0.2) is 0 Å². The monoisotopic (exact) mass is 213 g/mol. The summed E-state index contributed by atoms with van der Waals surface area (Å²) in [5.74, 6) is 0. The zero-order valence-electron chi connectivity index (χ0n) is 10.5. The highest BCUT2D eigenvalue weighted by Gasteiger charge is 2.53. The van der Waals surface area contributed by atoms with Crippen molar-refractivity contribution in [3.8, 4) is 0 Å². The van der Waals surface area contributed by atoms with Crippen molar-refractivity contribution in [1.82, 2.24) is 0 Å². The minimum atomic E-state index is 0.0410. The fraction of sp³-hybridized carbons (Fsp3) is 0.400. The first-order valence-corrected chi connectivity index (χ1v) is 5.71. The molecule has 1 aliphatic rings. The summed E-state index contributed by atoms with van der Waals surface area (Å²) in [7, 11) is 0. The second-order valence-corrected chi connectivity index (χ2v) is 5.52. The Bertz CT molecular complexity index is 430. The number of aliphatic imine (C=N–C) groups is 1. The summed E-state index contributed by atoms with van der Waals surface area (Å²) in [6.45, 7) is 13.0. The van der Waals surface area contributed by atoms with E-state index >= 15 is 0 Å². The molecular formula is C15H19N. The van der Waals surface area contributed by atoms with Gasteiger partial charge in [-0.2, -0.15) is 0 Å². The molecule has 0 radical (unpaired) electrons. The average molecular weight is 213 g/mol. The molecular weight excluding hydrogens is 194 g/mol. The number of nitrogens with zero attached hydrogens (tertiary/aromatic N) is 1. The topological polar surface area (TPSA) is 12.4 Å². The van der Waals surface area contributed by atoms with Gasteiger partial charge < -0.3 is 0 Å². The Labute approximate surface area is 97.9 Å². The molecule has 1 aromatic carbocycles. The quantitative estimate of drug-likeness (QED) is 0.614. The van der Waals surface area contributed by atoms with Crippen molar-refractivity contribution >= 4 is 11.4 Å². The maximum atomic E-state index is 4.78. The zero-order chi connectivity index (χ0) is 12.0. The van der Waals surface area contributed by atoms with Gasteiger partial charge in [-0.3, -0.25) is 4.99 Å². The van der Waals surface area contributed by atoms with Gasteiger partial charge in [-0.1, -0.05) is 58.0 Å². The standard InChI is InChI=1S/C15H19N/c1-11-14(2,3)13(15(11,4)5)16-12-9-7-6-8-10-12/h6-10H,1H2,2-5H3. The van der Waals surface area contributed by atoms with Gasteiger partial charge in [0.1, 0.15) is 0 Å². The first-order chi connectivity index (χ1) is 7.37. The van der Waals surface area contributed by atoms with Crippen molar-refractivity contribution < 1.29 is 0 Å². The van der Waals surface area contributed by atoms with Crippen LogP contribution in [0.1, 0.15) is 27.7 Å². The molecule has 1 nitrogen and oxygen atoms in total. The van der Waals surface area contributed by atoms with E-state index < -0.39 is 0 Å². The van der Waals surface area contributed by atoms with E-state index in [4.69, 9.17) is 4.99 Å². The Morgan fingerprint density at radius 2 is 1.44 bits per heavy atom. The Balaban J connectivity index is 2.42. The van der Waals surface area contributed by atoms with Gasteiger partial charge in [-0.15, -0.1) is 0 Å². The Kier molecular flexibility index (Phi) is 2.30. The van der Waals surface area contributed by atoms with E-state index in [2.05, 4.69) is 34.3 Å². The van der Waals surface area contributed by atoms with Crippen LogP contribution >= 0.6 is 0 Å². The number of allylic oxidation sites excluding steroid dienone is 1. The van der Waals surface area contributed by atoms with E-state index in [1.54, 1.807) is 0 Å². The third kappa shape index (κ3) is 1.42. The molecule has 1 aliphatic carbocycles. The Morgan fingerprint density at radius 3 is 1.94 bits per heavy atom. The van der Waals surface area contributed by atoms with E-state index in [-0.39, 0.29) is 10.8 Å². The third-order valence-corrected chi connectivity index (χ3v) is 3.69. The molecule has 1 heteroatoms. The number of hydrogen-bond acceptors (Lipinski definition) is 1. The summed E-state index contributed by atoms with van der Waals surface area (Å²) < 4.78 is 0. The predicted octanol–water partition coefficient (Wildman–Crippen LogP) is 4.38. The fourth-order valence-electron chi connectivity index (χ4n) is 2.70. The fourth-order valence-corrected chi connectivity index (χ4v) is 2.70. The van der Waals surface area contributed by atoms with Crippen LogP contribution in [0, 0.1) is 10.8 Å². The van der Waals surface area contributed by atoms with E-state index in [9.17, 15) is 0 Å². The lowest BCUT2D eigenvalue weighted by Gasteiger charge is -2.53. The molecule has 16 heavy (non-hydrogen) atoms. The van der Waals surface area contributed by atoms with Crippen molar-refractivity contribution in [1.29, 1.82) is 0 Å². The largest absolute Gasteiger partial charge is 0.256 e. The van der Waals surface area contributed by atoms with Crippen LogP contribution in [0.5, 0.6) is 0 Å². The SMILES string of the molecule is C=C1C(C)(C)C(=Nc2ccccc2)C1(C)C. The molecule has 84 valence electrons. The van der Waals surface area contributed by atoms with Gasteiger partial charge >= 0.3 is 0 Å². The molecule has 0 atom stereocenters. The molecule has 2 rings (SSSR count). The Morgan fingerprint density at radius 1 is 0.938 bits per heavy atom. The summed E-state index contributed by atoms with van der Waals surface area (Å²) in [6.07, 6.45) is 0. The highest BCUT2D eigenvalue weighted by Crippen LogP contribution is 2.55. The van der Waals surface area contributed by atoms with E-state index in [0.717, 1.165) is 5.69 Å². The van der Waals surface area contributed by atoms with Crippen LogP contribution in [0.4, 0.5) is 5.69 Å². The van der Waals surface area contributed by atoms with Crippen molar-refractivity contribution in [2.75, 3.05) is 0 Å². The lowest BCUT2D eigenvalue weighted by molar-refractivity contribution is 0.369. The van der Waals surface area contributed by atoms with Gasteiger partial charge in [0.2, 0.25) is 0 Å². The first kappa shape index (κ1) is 11.1. The summed E-state index contributed by atoms with van der Waals surface area (Å²) in [5.41, 5.74) is 3.62. The maximum absolute atomic E-state index is 4.78. The number of para-hydroxylation sites is 1. The second kappa shape index (κ2) is 3.31. The molecule has 0 unspecified atom stereocenters. The highest BCUT2D eigenvalue weighted by atomic mass is 14.8. The normalized spacial score (nSPS) is 21.5. The van der Waals surface area contributed by atoms with Crippen LogP contribution in [0.25, 0.3) is 0 Å². The molecule has 1 saturated carbocycles. The van der Waals surface area contributed by atoms with E-state index in [0.29, 0.717) is 0 Å². The van der Waals surface area contributed by atoms with Crippen LogP contribution in [0.3, 0.4) is 0 Å². The number of benzene rings is 1. The molecule has 0 amide bonds. The molecule has 1 fully saturated rings. The van der Waals surface area contributed by atoms with Gasteiger partial charge in [0.05, 0.1) is 5.69 Å². The zero-order valence-corrected chi connectivity index (χ0v) is 10.5. The number of rotatable bonds is 1. The van der Waals surface area contributed by atoms with Crippen molar-refractivity contribution in [2.45, 2.75) is 27.7 Å². The van der Waals surface area contributed by atoms with Crippen LogP contribution in [-0.4, -0.2) is 5.71 Å². The molecule has 0 saturated heterocycles. The molecule has 0 aliphatic heterocycles. The van der Waals surface area contributed by atoms with Crippen LogP contribution in [0.15, 0.2) is 47.5 Å². The van der Waals surface area contributed by atoms with Crippen LogP contribution < -0.4 is 0 Å². The smallest absolute Gasteiger partial charge is 0.0629 e. The lowest BCUT2D eigenvalue weighted by Crippen LogP contribution is -2.53. The minimum absolute atomic E-state index is 0.0410. The van der Waals surface area contributed by atoms with Crippen molar-refractivity contribution in [2.24, 2.45) is 15.8 Å². The molecule has 0 bridgehead atoms. The van der Waals surface area contributed by atoms with E-state index in [1.165, 1.54) is 11.3 Å². The first-order valence-electron chi connectivity index (χ1n) is 5.71. The molecule has 0 N–H and O–H groups in total. The lowest BCUT2D eigenvalue weighted by atomic mass is 9.51. The maximum Gasteiger partial charge on any atom is 0.0629 e. The van der Waals surface area contributed by atoms with Crippen LogP contribution in [0.2, 0.25) is 0 Å². The minimum Gasteiger partial charge on any atom is -0.256 e. The van der Waals surface area contributed by atoms with Gasteiger partial charge in [0, 0.05) is 16.5 Å². The molecule has 1 aromatic rings. The van der Waals surface area contributed by atoms with Crippen molar-refractivity contribution in [3.63, 3.8) is 0 Å². The average Bonchev–Trinajstić information content (AvgIpc) is 2.26. The highest BCUT2D eigenvalue weighted by molar-refractivity contribution is 6.08. The third-order valence-electron chi connectivity index (χ3n) is 3.69. The number of hydrogen-bond donors (Lipinski definition) is 0. The second-order valence-electron chi connectivity index (χ2n) is 5.52. The summed E-state index contributed by atoms with van der Waals surface area (Å²) >= 11 is 0. The summed E-state index contributed by atoms with van der Waals surface area (Å²) in [5, 5.41) is 0.